The van der Waals surface area contributed by atoms with Crippen LogP contribution in [-0.4, -0.2) is 12.1 Å². The predicted octanol–water partition coefficient (Wildman–Crippen LogP) is 3.37. The number of carbonyl (C=O) groups is 1. The van der Waals surface area contributed by atoms with Gasteiger partial charge in [-0.25, -0.2) is 0 Å². The highest BCUT2D eigenvalue weighted by atomic mass is 19.4. The molecule has 2 nitrogen and oxygen atoms in total. The third kappa shape index (κ3) is 4.24. The van der Waals surface area contributed by atoms with E-state index >= 15 is 0 Å². The van der Waals surface area contributed by atoms with Crippen molar-refractivity contribution in [1.82, 2.24) is 5.32 Å². The number of rotatable bonds is 3. The SMILES string of the molecule is CC(C)=CC(=O)N[C@@H](c1ccccc1)C(F)(F)F. The highest BCUT2D eigenvalue weighted by molar-refractivity contribution is 5.88. The number of amides is 1. The van der Waals surface area contributed by atoms with Crippen molar-refractivity contribution in [3.8, 4) is 0 Å². The van der Waals surface area contributed by atoms with E-state index in [2.05, 4.69) is 0 Å². The quantitative estimate of drug-likeness (QED) is 0.826. The predicted molar refractivity (Wildman–Crippen MR) is 62.8 cm³/mol. The molecule has 0 aliphatic heterocycles. The first-order valence-corrected chi connectivity index (χ1v) is 5.38. The number of carbonyl (C=O) groups excluding carboxylic acids is 1. The molecule has 0 aliphatic rings. The smallest absolute Gasteiger partial charge is 0.337 e. The lowest BCUT2D eigenvalue weighted by Gasteiger charge is -2.21. The second-order valence-electron chi connectivity index (χ2n) is 4.12. The lowest BCUT2D eigenvalue weighted by Crippen LogP contribution is -2.37. The fourth-order valence-corrected chi connectivity index (χ4v) is 1.45. The van der Waals surface area contributed by atoms with Crippen LogP contribution in [0, 0.1) is 0 Å². The van der Waals surface area contributed by atoms with Crippen LogP contribution in [0.25, 0.3) is 0 Å². The van der Waals surface area contributed by atoms with Crippen LogP contribution in [0.15, 0.2) is 42.0 Å². The molecular weight excluding hydrogens is 243 g/mol. The lowest BCUT2D eigenvalue weighted by molar-refractivity contribution is -0.162. The Labute approximate surface area is 104 Å². The third-order valence-corrected chi connectivity index (χ3v) is 2.17. The number of halogens is 3. The second-order valence-corrected chi connectivity index (χ2v) is 4.12. The molecule has 0 fully saturated rings. The molecule has 0 bridgehead atoms. The van der Waals surface area contributed by atoms with Gasteiger partial charge in [0, 0.05) is 6.08 Å². The summed E-state index contributed by atoms with van der Waals surface area (Å²) in [6.45, 7) is 3.29. The average molecular weight is 257 g/mol. The molecule has 5 heteroatoms. The Hall–Kier alpha value is -1.78. The summed E-state index contributed by atoms with van der Waals surface area (Å²) in [5, 5.41) is 1.96. The van der Waals surface area contributed by atoms with Crippen LogP contribution in [0.1, 0.15) is 25.5 Å². The fourth-order valence-electron chi connectivity index (χ4n) is 1.45. The zero-order chi connectivity index (χ0) is 13.8. The van der Waals surface area contributed by atoms with Crippen LogP contribution < -0.4 is 5.32 Å². The minimum atomic E-state index is -4.52. The Kier molecular flexibility index (Phi) is 4.53. The van der Waals surface area contributed by atoms with Gasteiger partial charge in [-0.2, -0.15) is 13.2 Å². The molecule has 0 spiro atoms. The van der Waals surface area contributed by atoms with E-state index in [0.29, 0.717) is 5.57 Å². The molecule has 18 heavy (non-hydrogen) atoms. The molecular formula is C13H14F3NO. The topological polar surface area (TPSA) is 29.1 Å². The Bertz CT molecular complexity index is 433. The molecule has 0 saturated carbocycles. The molecule has 1 aromatic rings. The van der Waals surface area contributed by atoms with Gasteiger partial charge < -0.3 is 5.32 Å². The van der Waals surface area contributed by atoms with Crippen LogP contribution in [0.5, 0.6) is 0 Å². The van der Waals surface area contributed by atoms with Crippen molar-refractivity contribution in [2.75, 3.05) is 0 Å². The Morgan fingerprint density at radius 1 is 1.22 bits per heavy atom. The molecule has 1 aromatic carbocycles. The van der Waals surface area contributed by atoms with Gasteiger partial charge in [-0.1, -0.05) is 35.9 Å². The number of hydrogen-bond acceptors (Lipinski definition) is 1. The van der Waals surface area contributed by atoms with E-state index in [1.54, 1.807) is 19.9 Å². The fraction of sp³-hybridized carbons (Fsp3) is 0.308. The minimum absolute atomic E-state index is 0.0144. The molecule has 0 radical (unpaired) electrons. The molecule has 0 heterocycles. The number of alkyl halides is 3. The van der Waals surface area contributed by atoms with Crippen LogP contribution in [0.3, 0.4) is 0 Å². The highest BCUT2D eigenvalue weighted by Crippen LogP contribution is 2.32. The Morgan fingerprint density at radius 2 is 1.78 bits per heavy atom. The number of hydrogen-bond donors (Lipinski definition) is 1. The third-order valence-electron chi connectivity index (χ3n) is 2.17. The van der Waals surface area contributed by atoms with Crippen molar-refractivity contribution < 1.29 is 18.0 Å². The zero-order valence-electron chi connectivity index (χ0n) is 10.1. The van der Waals surface area contributed by atoms with Crippen molar-refractivity contribution in [3.05, 3.63) is 47.5 Å². The first-order valence-electron chi connectivity index (χ1n) is 5.38. The van der Waals surface area contributed by atoms with E-state index in [0.717, 1.165) is 6.08 Å². The van der Waals surface area contributed by atoms with Crippen molar-refractivity contribution in [2.45, 2.75) is 26.1 Å². The lowest BCUT2D eigenvalue weighted by atomic mass is 10.1. The monoisotopic (exact) mass is 257 g/mol. The van der Waals surface area contributed by atoms with Gasteiger partial charge in [0.05, 0.1) is 0 Å². The van der Waals surface area contributed by atoms with Gasteiger partial charge >= 0.3 is 6.18 Å². The van der Waals surface area contributed by atoms with E-state index in [1.807, 2.05) is 5.32 Å². The summed E-state index contributed by atoms with van der Waals surface area (Å²) >= 11 is 0. The summed E-state index contributed by atoms with van der Waals surface area (Å²) in [4.78, 5) is 11.4. The molecule has 0 unspecified atom stereocenters. The number of nitrogens with one attached hydrogen (secondary N) is 1. The summed E-state index contributed by atoms with van der Waals surface area (Å²) in [6.07, 6.45) is -3.38. The molecule has 0 saturated heterocycles. The molecule has 98 valence electrons. The van der Waals surface area contributed by atoms with Crippen LogP contribution >= 0.6 is 0 Å². The highest BCUT2D eigenvalue weighted by Gasteiger charge is 2.41. The van der Waals surface area contributed by atoms with Gasteiger partial charge in [0.2, 0.25) is 5.91 Å². The van der Waals surface area contributed by atoms with E-state index in [1.165, 1.54) is 24.3 Å². The van der Waals surface area contributed by atoms with Gasteiger partial charge in [-0.05, 0) is 19.4 Å². The number of allylic oxidation sites excluding steroid dienone is 1. The van der Waals surface area contributed by atoms with Crippen molar-refractivity contribution in [3.63, 3.8) is 0 Å². The van der Waals surface area contributed by atoms with E-state index < -0.39 is 18.1 Å². The Morgan fingerprint density at radius 3 is 2.22 bits per heavy atom. The van der Waals surface area contributed by atoms with Crippen LogP contribution in [-0.2, 0) is 4.79 Å². The summed E-state index contributed by atoms with van der Waals surface area (Å²) in [5.41, 5.74) is 0.655. The van der Waals surface area contributed by atoms with E-state index in [4.69, 9.17) is 0 Å². The largest absolute Gasteiger partial charge is 0.412 e. The van der Waals surface area contributed by atoms with Gasteiger partial charge in [0.1, 0.15) is 0 Å². The molecule has 0 aromatic heterocycles. The average Bonchev–Trinajstić information content (AvgIpc) is 2.24. The standard InChI is InChI=1S/C13H14F3NO/c1-9(2)8-11(18)17-12(13(14,15)16)10-6-4-3-5-7-10/h3-8,12H,1-2H3,(H,17,18)/t12-/m0/s1. The normalized spacial score (nSPS) is 12.7. The number of benzene rings is 1. The maximum atomic E-state index is 12.9. The maximum absolute atomic E-state index is 12.9. The zero-order valence-corrected chi connectivity index (χ0v) is 10.1. The first kappa shape index (κ1) is 14.3. The summed E-state index contributed by atoms with van der Waals surface area (Å²) in [7, 11) is 0. The Balaban J connectivity index is 2.95. The maximum Gasteiger partial charge on any atom is 0.412 e. The van der Waals surface area contributed by atoms with E-state index in [-0.39, 0.29) is 5.56 Å². The van der Waals surface area contributed by atoms with E-state index in [9.17, 15) is 18.0 Å². The van der Waals surface area contributed by atoms with Gasteiger partial charge in [0.15, 0.2) is 6.04 Å². The van der Waals surface area contributed by atoms with Gasteiger partial charge in [-0.15, -0.1) is 0 Å². The molecule has 1 amide bonds. The summed E-state index contributed by atoms with van der Waals surface area (Å²) in [6, 6.07) is 5.31. The first-order chi connectivity index (χ1) is 8.30. The van der Waals surface area contributed by atoms with Gasteiger partial charge in [0.25, 0.3) is 0 Å². The second kappa shape index (κ2) is 5.71. The van der Waals surface area contributed by atoms with Crippen molar-refractivity contribution in [1.29, 1.82) is 0 Å². The molecule has 1 atom stereocenters. The van der Waals surface area contributed by atoms with Crippen molar-refractivity contribution >= 4 is 5.91 Å². The molecule has 0 aliphatic carbocycles. The van der Waals surface area contributed by atoms with Crippen molar-refractivity contribution in [2.24, 2.45) is 0 Å². The van der Waals surface area contributed by atoms with Gasteiger partial charge in [-0.3, -0.25) is 4.79 Å². The minimum Gasteiger partial charge on any atom is -0.337 e. The molecule has 1 N–H and O–H groups in total. The summed E-state index contributed by atoms with van der Waals surface area (Å²) < 4.78 is 38.6. The molecule has 1 rings (SSSR count). The summed E-state index contributed by atoms with van der Waals surface area (Å²) in [5.74, 6) is -0.749. The van der Waals surface area contributed by atoms with Crippen LogP contribution in [0.2, 0.25) is 0 Å². The van der Waals surface area contributed by atoms with Crippen LogP contribution in [0.4, 0.5) is 13.2 Å².